The van der Waals surface area contributed by atoms with Gasteiger partial charge >= 0.3 is 0 Å². The van der Waals surface area contributed by atoms with Gasteiger partial charge in [-0.2, -0.15) is 0 Å². The van der Waals surface area contributed by atoms with E-state index in [9.17, 15) is 0 Å². The van der Waals surface area contributed by atoms with Gasteiger partial charge in [0.2, 0.25) is 0 Å². The molecule has 1 aromatic carbocycles. The molecule has 0 aliphatic rings. The molecule has 88 valence electrons. The van der Waals surface area contributed by atoms with Crippen LogP contribution in [0.1, 0.15) is 5.56 Å². The van der Waals surface area contributed by atoms with Gasteiger partial charge in [-0.15, -0.1) is 0 Å². The monoisotopic (exact) mass is 347 g/mol. The summed E-state index contributed by atoms with van der Waals surface area (Å²) in [4.78, 5) is 3.17. The minimum absolute atomic E-state index is 0.533. The first-order chi connectivity index (χ1) is 8.02. The van der Waals surface area contributed by atoms with Crippen LogP contribution in [0.2, 0.25) is 10.0 Å². The molecule has 0 unspecified atom stereocenters. The number of pyridine rings is 1. The van der Waals surface area contributed by atoms with Crippen molar-refractivity contribution in [3.05, 3.63) is 49.0 Å². The summed E-state index contributed by atoms with van der Waals surface area (Å²) in [6, 6.07) is 5.54. The molecule has 0 atom stereocenters. The van der Waals surface area contributed by atoms with Crippen LogP contribution in [0.3, 0.4) is 0 Å². The lowest BCUT2D eigenvalue weighted by molar-refractivity contribution is 1.24. The van der Waals surface area contributed by atoms with E-state index in [0.717, 1.165) is 25.8 Å². The Morgan fingerprint density at radius 3 is 2.71 bits per heavy atom. The largest absolute Gasteiger partial charge is 0.360 e. The van der Waals surface area contributed by atoms with Gasteiger partial charge < -0.3 is 4.98 Å². The van der Waals surface area contributed by atoms with Crippen LogP contribution in [0.4, 0.5) is 0 Å². The zero-order chi connectivity index (χ0) is 12.6. The predicted molar refractivity (Wildman–Crippen MR) is 79.5 cm³/mol. The van der Waals surface area contributed by atoms with Crippen molar-refractivity contribution in [1.82, 2.24) is 4.98 Å². The van der Waals surface area contributed by atoms with Crippen molar-refractivity contribution in [2.75, 3.05) is 0 Å². The number of H-pyrrole nitrogens is 1. The fourth-order valence-electron chi connectivity index (χ4n) is 1.58. The SMILES string of the molecule is Cc1c(-c2cccc(Cl)c2Cl)[nH]cc(Br)c1=S. The number of hydrogen-bond acceptors (Lipinski definition) is 1. The average molecular weight is 349 g/mol. The molecule has 0 aliphatic heterocycles. The third-order valence-corrected chi connectivity index (χ3v) is 4.73. The van der Waals surface area contributed by atoms with Crippen molar-refractivity contribution in [3.63, 3.8) is 0 Å². The summed E-state index contributed by atoms with van der Waals surface area (Å²) in [5, 5.41) is 1.07. The molecule has 0 saturated heterocycles. The molecule has 0 radical (unpaired) electrons. The summed E-state index contributed by atoms with van der Waals surface area (Å²) in [6.45, 7) is 1.95. The number of aromatic amines is 1. The second-order valence-electron chi connectivity index (χ2n) is 3.57. The highest BCUT2D eigenvalue weighted by molar-refractivity contribution is 9.10. The topological polar surface area (TPSA) is 15.8 Å². The Balaban J connectivity index is 2.74. The van der Waals surface area contributed by atoms with Gasteiger partial charge in [-0.05, 0) is 34.5 Å². The highest BCUT2D eigenvalue weighted by Crippen LogP contribution is 2.34. The van der Waals surface area contributed by atoms with E-state index in [-0.39, 0.29) is 0 Å². The molecule has 0 bridgehead atoms. The van der Waals surface area contributed by atoms with Crippen molar-refractivity contribution in [1.29, 1.82) is 0 Å². The van der Waals surface area contributed by atoms with Gasteiger partial charge in [0.1, 0.15) is 0 Å². The molecule has 2 aromatic rings. The van der Waals surface area contributed by atoms with Crippen LogP contribution >= 0.6 is 51.3 Å². The second kappa shape index (κ2) is 5.11. The van der Waals surface area contributed by atoms with Gasteiger partial charge in [0, 0.05) is 11.8 Å². The van der Waals surface area contributed by atoms with E-state index in [1.807, 2.05) is 25.3 Å². The zero-order valence-electron chi connectivity index (χ0n) is 8.85. The molecule has 0 amide bonds. The lowest BCUT2D eigenvalue weighted by Gasteiger charge is -2.10. The first-order valence-electron chi connectivity index (χ1n) is 4.84. The Bertz CT molecular complexity index is 637. The first kappa shape index (κ1) is 13.1. The minimum atomic E-state index is 0.533. The van der Waals surface area contributed by atoms with Crippen LogP contribution in [0.25, 0.3) is 11.3 Å². The summed E-state index contributed by atoms with van der Waals surface area (Å²) in [6.07, 6.45) is 1.81. The minimum Gasteiger partial charge on any atom is -0.360 e. The summed E-state index contributed by atoms with van der Waals surface area (Å²) in [5.74, 6) is 0. The molecule has 1 heterocycles. The molecule has 2 rings (SSSR count). The third-order valence-electron chi connectivity index (χ3n) is 2.50. The molecule has 1 aromatic heterocycles. The number of hydrogen-bond donors (Lipinski definition) is 1. The number of rotatable bonds is 1. The maximum atomic E-state index is 6.19. The summed E-state index contributed by atoms with van der Waals surface area (Å²) in [5.41, 5.74) is 2.72. The van der Waals surface area contributed by atoms with Crippen molar-refractivity contribution < 1.29 is 0 Å². The Hall–Kier alpha value is -0.350. The van der Waals surface area contributed by atoms with Crippen molar-refractivity contribution in [2.24, 2.45) is 0 Å². The Morgan fingerprint density at radius 2 is 2.00 bits per heavy atom. The third kappa shape index (κ3) is 2.43. The van der Waals surface area contributed by atoms with Crippen molar-refractivity contribution in [2.45, 2.75) is 6.92 Å². The molecule has 1 nitrogen and oxygen atoms in total. The van der Waals surface area contributed by atoms with E-state index in [0.29, 0.717) is 10.0 Å². The lowest BCUT2D eigenvalue weighted by atomic mass is 10.1. The highest BCUT2D eigenvalue weighted by atomic mass is 79.9. The quantitative estimate of drug-likeness (QED) is 0.645. The van der Waals surface area contributed by atoms with Gasteiger partial charge in [-0.1, -0.05) is 47.6 Å². The number of halogens is 3. The number of aromatic nitrogens is 1. The number of benzene rings is 1. The van der Waals surface area contributed by atoms with E-state index in [2.05, 4.69) is 20.9 Å². The van der Waals surface area contributed by atoms with E-state index < -0.39 is 0 Å². The molecule has 0 fully saturated rings. The highest BCUT2D eigenvalue weighted by Gasteiger charge is 2.11. The van der Waals surface area contributed by atoms with Crippen LogP contribution in [0, 0.1) is 11.4 Å². The molecule has 0 aliphatic carbocycles. The maximum Gasteiger partial charge on any atom is 0.0685 e. The molecule has 0 spiro atoms. The zero-order valence-corrected chi connectivity index (χ0v) is 12.8. The molecule has 5 heteroatoms. The van der Waals surface area contributed by atoms with Gasteiger partial charge in [-0.3, -0.25) is 0 Å². The van der Waals surface area contributed by atoms with Crippen molar-refractivity contribution >= 4 is 51.3 Å². The van der Waals surface area contributed by atoms with Gasteiger partial charge in [0.05, 0.1) is 24.7 Å². The fourth-order valence-corrected chi connectivity index (χ4v) is 2.55. The van der Waals surface area contributed by atoms with Gasteiger partial charge in [0.25, 0.3) is 0 Å². The second-order valence-corrected chi connectivity index (χ2v) is 5.61. The summed E-state index contributed by atoms with van der Waals surface area (Å²) < 4.78 is 1.64. The Morgan fingerprint density at radius 1 is 1.29 bits per heavy atom. The smallest absolute Gasteiger partial charge is 0.0685 e. The molecule has 0 saturated carbocycles. The first-order valence-corrected chi connectivity index (χ1v) is 6.80. The van der Waals surface area contributed by atoms with E-state index in [1.54, 1.807) is 6.07 Å². The predicted octanol–water partition coefficient (Wildman–Crippen LogP) is 5.79. The maximum absolute atomic E-state index is 6.19. The van der Waals surface area contributed by atoms with E-state index >= 15 is 0 Å². The normalized spacial score (nSPS) is 10.6. The summed E-state index contributed by atoms with van der Waals surface area (Å²) in [7, 11) is 0. The van der Waals surface area contributed by atoms with Crippen LogP contribution in [-0.4, -0.2) is 4.98 Å². The molecule has 17 heavy (non-hydrogen) atoms. The standard InChI is InChI=1S/C12H8BrCl2NS/c1-6-11(16-5-8(13)12(6)17)7-3-2-4-9(14)10(7)15/h2-5H,1H3,(H,16,17). The molecule has 1 N–H and O–H groups in total. The van der Waals surface area contributed by atoms with Crippen LogP contribution < -0.4 is 0 Å². The average Bonchev–Trinajstić information content (AvgIpc) is 2.31. The van der Waals surface area contributed by atoms with Crippen LogP contribution in [-0.2, 0) is 0 Å². The van der Waals surface area contributed by atoms with Gasteiger partial charge in [-0.25, -0.2) is 0 Å². The number of nitrogens with one attached hydrogen (secondary N) is 1. The van der Waals surface area contributed by atoms with E-state index in [1.165, 1.54) is 0 Å². The Kier molecular flexibility index (Phi) is 3.93. The fraction of sp³-hybridized carbons (Fsp3) is 0.0833. The molecular formula is C12H8BrCl2NS. The van der Waals surface area contributed by atoms with Crippen LogP contribution in [0.15, 0.2) is 28.9 Å². The summed E-state index contributed by atoms with van der Waals surface area (Å²) >= 11 is 20.9. The van der Waals surface area contributed by atoms with E-state index in [4.69, 9.17) is 35.4 Å². The van der Waals surface area contributed by atoms with Crippen molar-refractivity contribution in [3.8, 4) is 11.3 Å². The molecular weight excluding hydrogens is 341 g/mol. The Labute approximate surface area is 123 Å². The lowest BCUT2D eigenvalue weighted by Crippen LogP contribution is -1.91. The van der Waals surface area contributed by atoms with Gasteiger partial charge in [0.15, 0.2) is 0 Å². The van der Waals surface area contributed by atoms with Crippen LogP contribution in [0.5, 0.6) is 0 Å².